The lowest BCUT2D eigenvalue weighted by molar-refractivity contribution is -0.712. The Morgan fingerprint density at radius 3 is 2.76 bits per heavy atom. The first-order valence-electron chi connectivity index (χ1n) is 9.68. The van der Waals surface area contributed by atoms with E-state index in [1.54, 1.807) is 18.2 Å². The number of phosphoric acid groups is 1. The third kappa shape index (κ3) is 5.80. The third-order valence-corrected chi connectivity index (χ3v) is 5.00. The van der Waals surface area contributed by atoms with Crippen molar-refractivity contribution < 1.29 is 41.5 Å². The molecule has 0 radical (unpaired) electrons. The second kappa shape index (κ2) is 9.65. The van der Waals surface area contributed by atoms with Gasteiger partial charge in [-0.3, -0.25) is 14.8 Å². The number of hydrogen-bond donors (Lipinski definition) is 2. The van der Waals surface area contributed by atoms with Gasteiger partial charge in [0.05, 0.1) is 11.9 Å². The van der Waals surface area contributed by atoms with Crippen LogP contribution in [0.15, 0.2) is 65.4 Å². The number of nitrogens with zero attached hydrogens (tertiary/aromatic N) is 3. The van der Waals surface area contributed by atoms with E-state index in [1.165, 1.54) is 41.2 Å². The number of benzene rings is 1. The topological polar surface area (TPSA) is 148 Å². The molecule has 1 aromatic carbocycles. The highest BCUT2D eigenvalue weighted by molar-refractivity contribution is 7.44. The number of halogens is 2. The number of hydrogen-bond acceptors (Lipinski definition) is 8. The Morgan fingerprint density at radius 2 is 2.03 bits per heavy atom. The van der Waals surface area contributed by atoms with Crippen LogP contribution >= 0.6 is 7.82 Å². The van der Waals surface area contributed by atoms with Gasteiger partial charge in [0, 0.05) is 24.8 Å². The molecular formula is C21H17F2N4O6P. The zero-order valence-electron chi connectivity index (χ0n) is 17.3. The first-order valence-corrected chi connectivity index (χ1v) is 11.2. The number of anilines is 1. The van der Waals surface area contributed by atoms with E-state index in [9.17, 15) is 18.2 Å². The molecule has 0 spiro atoms. The lowest BCUT2D eigenvalue weighted by atomic mass is 10.1. The molecule has 3 aromatic heterocycles. The van der Waals surface area contributed by atoms with E-state index >= 15 is 0 Å². The van der Waals surface area contributed by atoms with E-state index in [4.69, 9.17) is 19.9 Å². The van der Waals surface area contributed by atoms with Crippen LogP contribution in [-0.4, -0.2) is 15.0 Å². The lowest BCUT2D eigenvalue weighted by Crippen LogP contribution is -2.38. The summed E-state index contributed by atoms with van der Waals surface area (Å²) < 4.78 is 54.8. The smallest absolute Gasteiger partial charge is 0.285 e. The van der Waals surface area contributed by atoms with Crippen LogP contribution < -0.4 is 19.9 Å². The molecule has 10 nitrogen and oxygen atoms in total. The summed E-state index contributed by atoms with van der Waals surface area (Å²) in [5.41, 5.74) is 7.36. The maximum atomic E-state index is 14.4. The van der Waals surface area contributed by atoms with Crippen LogP contribution in [-0.2, 0) is 22.2 Å². The number of ether oxygens (including phenoxy) is 1. The van der Waals surface area contributed by atoms with Crippen molar-refractivity contribution in [1.29, 1.82) is 0 Å². The van der Waals surface area contributed by atoms with E-state index in [0.717, 1.165) is 6.07 Å². The molecule has 0 aliphatic rings. The first kappa shape index (κ1) is 23.5. The highest BCUT2D eigenvalue weighted by Crippen LogP contribution is 2.31. The summed E-state index contributed by atoms with van der Waals surface area (Å²) in [6, 6.07) is 11.2. The molecule has 0 saturated carbocycles. The molecule has 0 saturated heterocycles. The van der Waals surface area contributed by atoms with Gasteiger partial charge in [-0.2, -0.15) is 0 Å². The Kier molecular flexibility index (Phi) is 6.66. The van der Waals surface area contributed by atoms with Crippen LogP contribution in [0.5, 0.6) is 11.6 Å². The number of phosphoric ester groups is 1. The van der Waals surface area contributed by atoms with Crippen LogP contribution in [0.2, 0.25) is 0 Å². The Bertz CT molecular complexity index is 1380. The van der Waals surface area contributed by atoms with Crippen molar-refractivity contribution in [3.05, 3.63) is 83.8 Å². The van der Waals surface area contributed by atoms with Gasteiger partial charge in [-0.15, -0.1) is 0 Å². The molecule has 4 rings (SSSR count). The standard InChI is InChI=1S/C21H17F2N4O6P/c22-14-3-1-4-16(9-14)32-21-18(23)8-13(11-25-21)7-15-10-19(33-26-15)17-5-2-6-27(20(17)24)12-31-34(28,29)30/h1-6,8-11,24H,7,12H2,(H2,28,29,30). The molecule has 176 valence electrons. The van der Waals surface area contributed by atoms with Gasteiger partial charge in [0.1, 0.15) is 17.1 Å². The molecule has 3 heterocycles. The van der Waals surface area contributed by atoms with Crippen molar-refractivity contribution in [2.75, 3.05) is 5.73 Å². The predicted octanol–water partition coefficient (Wildman–Crippen LogP) is 2.70. The van der Waals surface area contributed by atoms with Gasteiger partial charge in [0.2, 0.25) is 0 Å². The Morgan fingerprint density at radius 1 is 1.21 bits per heavy atom. The molecule has 34 heavy (non-hydrogen) atoms. The van der Waals surface area contributed by atoms with Gasteiger partial charge in [-0.1, -0.05) is 11.2 Å². The average Bonchev–Trinajstić information content (AvgIpc) is 3.22. The van der Waals surface area contributed by atoms with Crippen molar-refractivity contribution in [3.63, 3.8) is 0 Å². The first-order chi connectivity index (χ1) is 16.2. The Labute approximate surface area is 191 Å². The molecule has 0 fully saturated rings. The molecule has 13 heteroatoms. The average molecular weight is 490 g/mol. The summed E-state index contributed by atoms with van der Waals surface area (Å²) >= 11 is 0. The predicted molar refractivity (Wildman–Crippen MR) is 111 cm³/mol. The number of pyridine rings is 2. The molecule has 0 bridgehead atoms. The van der Waals surface area contributed by atoms with Crippen molar-refractivity contribution >= 4 is 13.6 Å². The minimum Gasteiger partial charge on any atom is -0.756 e. The number of aromatic nitrogens is 3. The van der Waals surface area contributed by atoms with Gasteiger partial charge < -0.3 is 19.0 Å². The summed E-state index contributed by atoms with van der Waals surface area (Å²) in [5, 5.41) is 3.94. The summed E-state index contributed by atoms with van der Waals surface area (Å²) in [6.07, 6.45) is 3.02. The SMILES string of the molecule is Nc1c(-c2cc(Cc3cnc(Oc4cccc(F)c4)c(F)c3)no2)ccc[n+]1COP(=O)([O-])O. The zero-order valence-corrected chi connectivity index (χ0v) is 18.2. The van der Waals surface area contributed by atoms with Crippen LogP contribution in [0.3, 0.4) is 0 Å². The molecule has 0 amide bonds. The lowest BCUT2D eigenvalue weighted by Gasteiger charge is -2.14. The molecule has 0 aliphatic carbocycles. The third-order valence-electron chi connectivity index (χ3n) is 4.56. The maximum absolute atomic E-state index is 14.4. The molecule has 0 aliphatic heterocycles. The van der Waals surface area contributed by atoms with Gasteiger partial charge >= 0.3 is 0 Å². The van der Waals surface area contributed by atoms with E-state index in [-0.39, 0.29) is 29.6 Å². The summed E-state index contributed by atoms with van der Waals surface area (Å²) in [7, 11) is -4.93. The maximum Gasteiger partial charge on any atom is 0.285 e. The minimum atomic E-state index is -4.93. The van der Waals surface area contributed by atoms with Crippen LogP contribution in [0.4, 0.5) is 14.6 Å². The van der Waals surface area contributed by atoms with Crippen molar-refractivity contribution in [1.82, 2.24) is 10.1 Å². The summed E-state index contributed by atoms with van der Waals surface area (Å²) in [4.78, 5) is 23.5. The Hall–Kier alpha value is -3.70. The molecular weight excluding hydrogens is 473 g/mol. The zero-order chi connectivity index (χ0) is 24.3. The van der Waals surface area contributed by atoms with E-state index in [0.29, 0.717) is 16.8 Å². The van der Waals surface area contributed by atoms with Gasteiger partial charge in [0.15, 0.2) is 18.3 Å². The van der Waals surface area contributed by atoms with Crippen molar-refractivity contribution in [3.8, 4) is 23.0 Å². The highest BCUT2D eigenvalue weighted by Gasteiger charge is 2.19. The fourth-order valence-electron chi connectivity index (χ4n) is 3.03. The fourth-order valence-corrected chi connectivity index (χ4v) is 3.30. The fraction of sp³-hybridized carbons (Fsp3) is 0.0952. The molecule has 3 N–H and O–H groups in total. The Balaban J connectivity index is 1.48. The minimum absolute atomic E-state index is 0.102. The number of nitrogens with two attached hydrogens (primary N) is 1. The summed E-state index contributed by atoms with van der Waals surface area (Å²) in [5.74, 6) is -1.07. The molecule has 4 aromatic rings. The van der Waals surface area contributed by atoms with Crippen molar-refractivity contribution in [2.45, 2.75) is 13.2 Å². The van der Waals surface area contributed by atoms with Crippen LogP contribution in [0.1, 0.15) is 11.3 Å². The van der Waals surface area contributed by atoms with Gasteiger partial charge in [-0.25, -0.2) is 18.3 Å². The number of nitrogen functional groups attached to an aromatic ring is 1. The number of rotatable bonds is 8. The van der Waals surface area contributed by atoms with Gasteiger partial charge in [0.25, 0.3) is 19.5 Å². The second-order valence-corrected chi connectivity index (χ2v) is 8.25. The largest absolute Gasteiger partial charge is 0.756 e. The van der Waals surface area contributed by atoms with Crippen LogP contribution in [0, 0.1) is 11.6 Å². The van der Waals surface area contributed by atoms with E-state index in [1.807, 2.05) is 0 Å². The highest BCUT2D eigenvalue weighted by atomic mass is 31.2. The van der Waals surface area contributed by atoms with Crippen LogP contribution in [0.25, 0.3) is 11.3 Å². The quantitative estimate of drug-likeness (QED) is 0.281. The van der Waals surface area contributed by atoms with E-state index in [2.05, 4.69) is 14.7 Å². The molecule has 1 atom stereocenters. The van der Waals surface area contributed by atoms with E-state index < -0.39 is 26.2 Å². The van der Waals surface area contributed by atoms with Crippen molar-refractivity contribution in [2.24, 2.45) is 0 Å². The summed E-state index contributed by atoms with van der Waals surface area (Å²) in [6.45, 7) is -0.535. The van der Waals surface area contributed by atoms with Gasteiger partial charge in [-0.05, 0) is 35.9 Å². The second-order valence-electron chi connectivity index (χ2n) is 7.05. The monoisotopic (exact) mass is 490 g/mol. The normalized spacial score (nSPS) is 12.9. The molecule has 1 unspecified atom stereocenters.